The summed E-state index contributed by atoms with van der Waals surface area (Å²) in [5.41, 5.74) is 0. The maximum absolute atomic E-state index is 5.03. The van der Waals surface area contributed by atoms with Crippen LogP contribution in [0.5, 0.6) is 0 Å². The highest BCUT2D eigenvalue weighted by molar-refractivity contribution is 5.79. The maximum atomic E-state index is 5.03. The Balaban J connectivity index is 2.37. The van der Waals surface area contributed by atoms with E-state index in [1.165, 1.54) is 25.9 Å². The van der Waals surface area contributed by atoms with Crippen molar-refractivity contribution in [3.63, 3.8) is 0 Å². The third-order valence-corrected chi connectivity index (χ3v) is 3.68. The van der Waals surface area contributed by atoms with Gasteiger partial charge in [0.25, 0.3) is 0 Å². The Morgan fingerprint density at radius 3 is 2.47 bits per heavy atom. The number of likely N-dealkylation sites (tertiary alicyclic amines) is 1. The molecule has 1 unspecified atom stereocenters. The van der Waals surface area contributed by atoms with E-state index in [0.29, 0.717) is 18.6 Å². The number of hydrogen-bond acceptors (Lipinski definition) is 3. The number of nitrogens with zero attached hydrogens (tertiary/aromatic N) is 2. The third kappa shape index (κ3) is 5.78. The number of nitrogens with one attached hydrogen (secondary N) is 2. The van der Waals surface area contributed by atoms with Gasteiger partial charge in [0.1, 0.15) is 0 Å². The van der Waals surface area contributed by atoms with Gasteiger partial charge in [0.2, 0.25) is 0 Å². The van der Waals surface area contributed by atoms with E-state index < -0.39 is 0 Å². The summed E-state index contributed by atoms with van der Waals surface area (Å²) < 4.78 is 5.03. The molecule has 1 aliphatic heterocycles. The van der Waals surface area contributed by atoms with Gasteiger partial charge in [0.15, 0.2) is 5.96 Å². The first kappa shape index (κ1) is 16.2. The first-order valence-electron chi connectivity index (χ1n) is 7.36. The minimum absolute atomic E-state index is 0.587. The molecule has 1 saturated heterocycles. The molecule has 112 valence electrons. The molecule has 19 heavy (non-hydrogen) atoms. The Kier molecular flexibility index (Phi) is 7.82. The van der Waals surface area contributed by atoms with Crippen LogP contribution in [0.3, 0.4) is 0 Å². The molecule has 1 heterocycles. The average Bonchev–Trinajstić information content (AvgIpc) is 2.90. The lowest BCUT2D eigenvalue weighted by molar-refractivity contribution is 0.191. The van der Waals surface area contributed by atoms with E-state index in [9.17, 15) is 0 Å². The Hall–Kier alpha value is -0.810. The van der Waals surface area contributed by atoms with Crippen molar-refractivity contribution in [2.45, 2.75) is 32.7 Å². The molecule has 0 saturated carbocycles. The molecule has 0 aliphatic carbocycles. The van der Waals surface area contributed by atoms with Gasteiger partial charge in [-0.15, -0.1) is 0 Å². The zero-order valence-electron chi connectivity index (χ0n) is 12.9. The predicted molar refractivity (Wildman–Crippen MR) is 80.7 cm³/mol. The molecule has 0 aromatic heterocycles. The van der Waals surface area contributed by atoms with E-state index in [0.717, 1.165) is 19.0 Å². The average molecular weight is 270 g/mol. The molecule has 0 radical (unpaired) electrons. The van der Waals surface area contributed by atoms with Gasteiger partial charge in [0, 0.05) is 33.3 Å². The normalized spacial score (nSPS) is 18.9. The van der Waals surface area contributed by atoms with Crippen molar-refractivity contribution in [1.29, 1.82) is 0 Å². The molecule has 0 aromatic rings. The quantitative estimate of drug-likeness (QED) is 0.410. The highest BCUT2D eigenvalue weighted by Gasteiger charge is 2.24. The largest absolute Gasteiger partial charge is 0.383 e. The Morgan fingerprint density at radius 2 is 1.95 bits per heavy atom. The van der Waals surface area contributed by atoms with Gasteiger partial charge >= 0.3 is 0 Å². The highest BCUT2D eigenvalue weighted by atomic mass is 16.5. The van der Waals surface area contributed by atoms with Crippen LogP contribution in [0.15, 0.2) is 4.99 Å². The molecule has 5 nitrogen and oxygen atoms in total. The second-order valence-electron chi connectivity index (χ2n) is 5.43. The summed E-state index contributed by atoms with van der Waals surface area (Å²) in [4.78, 5) is 6.84. The SMILES string of the molecule is CN=C(NCCOC)NCC(C(C)C)N1CCCC1. The summed E-state index contributed by atoms with van der Waals surface area (Å²) in [5.74, 6) is 1.52. The predicted octanol–water partition coefficient (Wildman–Crippen LogP) is 0.918. The monoisotopic (exact) mass is 270 g/mol. The van der Waals surface area contributed by atoms with Crippen LogP contribution in [0, 0.1) is 5.92 Å². The number of aliphatic imine (C=N–C) groups is 1. The Morgan fingerprint density at radius 1 is 1.26 bits per heavy atom. The fourth-order valence-corrected chi connectivity index (χ4v) is 2.55. The molecule has 5 heteroatoms. The van der Waals surface area contributed by atoms with Crippen LogP contribution in [0.25, 0.3) is 0 Å². The molecule has 1 rings (SSSR count). The van der Waals surface area contributed by atoms with E-state index >= 15 is 0 Å². The second kappa shape index (κ2) is 9.15. The smallest absolute Gasteiger partial charge is 0.191 e. The minimum atomic E-state index is 0.587. The van der Waals surface area contributed by atoms with Crippen LogP contribution in [0.1, 0.15) is 26.7 Å². The standard InChI is InChI=1S/C14H30N4O/c1-12(2)13(18-8-5-6-9-18)11-17-14(15-3)16-7-10-19-4/h12-13H,5-11H2,1-4H3,(H2,15,16,17). The van der Waals surface area contributed by atoms with Crippen LogP contribution in [0.4, 0.5) is 0 Å². The van der Waals surface area contributed by atoms with E-state index in [1.54, 1.807) is 7.11 Å². The van der Waals surface area contributed by atoms with Gasteiger partial charge in [-0.2, -0.15) is 0 Å². The fraction of sp³-hybridized carbons (Fsp3) is 0.929. The topological polar surface area (TPSA) is 48.9 Å². The molecule has 0 amide bonds. The Bertz CT molecular complexity index is 262. The van der Waals surface area contributed by atoms with Crippen LogP contribution in [-0.4, -0.2) is 63.8 Å². The van der Waals surface area contributed by atoms with Crippen molar-refractivity contribution in [2.75, 3.05) is 46.9 Å². The van der Waals surface area contributed by atoms with Crippen molar-refractivity contribution in [3.05, 3.63) is 0 Å². The number of hydrogen-bond donors (Lipinski definition) is 2. The minimum Gasteiger partial charge on any atom is -0.383 e. The van der Waals surface area contributed by atoms with E-state index in [2.05, 4.69) is 34.4 Å². The summed E-state index contributed by atoms with van der Waals surface area (Å²) >= 11 is 0. The summed E-state index contributed by atoms with van der Waals surface area (Å²) in [6, 6.07) is 0.587. The first-order valence-corrected chi connectivity index (χ1v) is 7.36. The molecule has 0 aromatic carbocycles. The van der Waals surface area contributed by atoms with Crippen molar-refractivity contribution < 1.29 is 4.74 Å². The number of guanidine groups is 1. The lowest BCUT2D eigenvalue weighted by Gasteiger charge is -2.31. The Labute approximate surface area is 117 Å². The van der Waals surface area contributed by atoms with Crippen molar-refractivity contribution in [1.82, 2.24) is 15.5 Å². The van der Waals surface area contributed by atoms with Gasteiger partial charge in [-0.1, -0.05) is 13.8 Å². The number of methoxy groups -OCH3 is 1. The summed E-state index contributed by atoms with van der Waals surface area (Å²) in [6.07, 6.45) is 2.67. The van der Waals surface area contributed by atoms with Gasteiger partial charge in [0.05, 0.1) is 6.61 Å². The molecular weight excluding hydrogens is 240 g/mol. The third-order valence-electron chi connectivity index (χ3n) is 3.68. The lowest BCUT2D eigenvalue weighted by atomic mass is 10.0. The molecule has 1 aliphatic rings. The van der Waals surface area contributed by atoms with Gasteiger partial charge in [-0.05, 0) is 31.8 Å². The van der Waals surface area contributed by atoms with Crippen LogP contribution in [0.2, 0.25) is 0 Å². The van der Waals surface area contributed by atoms with E-state index in [4.69, 9.17) is 4.74 Å². The van der Waals surface area contributed by atoms with E-state index in [1.807, 2.05) is 7.05 Å². The van der Waals surface area contributed by atoms with Crippen molar-refractivity contribution in [3.8, 4) is 0 Å². The van der Waals surface area contributed by atoms with Crippen LogP contribution >= 0.6 is 0 Å². The molecule has 0 bridgehead atoms. The lowest BCUT2D eigenvalue weighted by Crippen LogP contribution is -2.49. The molecule has 1 atom stereocenters. The molecular formula is C14H30N4O. The van der Waals surface area contributed by atoms with Crippen molar-refractivity contribution >= 4 is 5.96 Å². The zero-order valence-corrected chi connectivity index (χ0v) is 12.9. The fourth-order valence-electron chi connectivity index (χ4n) is 2.55. The van der Waals surface area contributed by atoms with Gasteiger partial charge < -0.3 is 15.4 Å². The van der Waals surface area contributed by atoms with Crippen LogP contribution < -0.4 is 10.6 Å². The summed E-state index contributed by atoms with van der Waals surface area (Å²) in [6.45, 7) is 9.50. The number of ether oxygens (including phenoxy) is 1. The first-order chi connectivity index (χ1) is 9.19. The van der Waals surface area contributed by atoms with Crippen LogP contribution in [-0.2, 0) is 4.74 Å². The molecule has 1 fully saturated rings. The second-order valence-corrected chi connectivity index (χ2v) is 5.43. The summed E-state index contributed by atoms with van der Waals surface area (Å²) in [5, 5.41) is 6.68. The maximum Gasteiger partial charge on any atom is 0.191 e. The zero-order chi connectivity index (χ0) is 14.1. The highest BCUT2D eigenvalue weighted by Crippen LogP contribution is 2.16. The van der Waals surface area contributed by atoms with E-state index in [-0.39, 0.29) is 0 Å². The van der Waals surface area contributed by atoms with Gasteiger partial charge in [-0.25, -0.2) is 0 Å². The molecule has 0 spiro atoms. The molecule has 2 N–H and O–H groups in total. The van der Waals surface area contributed by atoms with Gasteiger partial charge in [-0.3, -0.25) is 9.89 Å². The summed E-state index contributed by atoms with van der Waals surface area (Å²) in [7, 11) is 3.52. The number of rotatable bonds is 7. The van der Waals surface area contributed by atoms with Crippen molar-refractivity contribution in [2.24, 2.45) is 10.9 Å².